The van der Waals surface area contributed by atoms with E-state index in [1.807, 2.05) is 0 Å². The van der Waals surface area contributed by atoms with Crippen molar-refractivity contribution in [3.05, 3.63) is 0 Å². The third-order valence-corrected chi connectivity index (χ3v) is 2.22. The maximum Gasteiger partial charge on any atom is 0.303 e. The molecule has 72 valence electrons. The Hall–Kier alpha value is -0.670. The minimum absolute atomic E-state index is 0.224. The summed E-state index contributed by atoms with van der Waals surface area (Å²) in [5, 5.41) is 8.43. The summed E-state index contributed by atoms with van der Waals surface area (Å²) in [6.45, 7) is 4.45. The van der Waals surface area contributed by atoms with Crippen LogP contribution in [0.25, 0.3) is 0 Å². The molecule has 0 bridgehead atoms. The van der Waals surface area contributed by atoms with Crippen LogP contribution < -0.4 is 0 Å². The van der Waals surface area contributed by atoms with E-state index in [9.17, 15) is 13.6 Å². The predicted molar refractivity (Wildman–Crippen MR) is 41.2 cm³/mol. The maximum absolute atomic E-state index is 12.2. The first kappa shape index (κ1) is 11.3. The first-order valence-corrected chi connectivity index (χ1v) is 3.77. The third kappa shape index (κ3) is 3.15. The van der Waals surface area contributed by atoms with E-state index in [0.29, 0.717) is 0 Å². The molecule has 0 saturated carbocycles. The minimum Gasteiger partial charge on any atom is -0.481 e. The molecule has 0 fully saturated rings. The Kier molecular flexibility index (Phi) is 3.61. The van der Waals surface area contributed by atoms with Gasteiger partial charge in [0.15, 0.2) is 0 Å². The van der Waals surface area contributed by atoms with Gasteiger partial charge in [-0.2, -0.15) is 0 Å². The molecule has 0 aliphatic carbocycles. The molecule has 2 nitrogen and oxygen atoms in total. The summed E-state index contributed by atoms with van der Waals surface area (Å²) >= 11 is 0. The van der Waals surface area contributed by atoms with E-state index in [4.69, 9.17) is 5.11 Å². The zero-order valence-electron chi connectivity index (χ0n) is 7.47. The van der Waals surface area contributed by atoms with E-state index >= 15 is 0 Å². The van der Waals surface area contributed by atoms with Crippen LogP contribution in [0.2, 0.25) is 0 Å². The monoisotopic (exact) mass is 180 g/mol. The van der Waals surface area contributed by atoms with Crippen molar-refractivity contribution in [2.75, 3.05) is 0 Å². The molecule has 0 rings (SSSR count). The molecular formula is C8H14F2O2. The Balaban J connectivity index is 4.28. The van der Waals surface area contributed by atoms with Gasteiger partial charge in [-0.15, -0.1) is 0 Å². The molecule has 1 atom stereocenters. The molecule has 1 unspecified atom stereocenters. The molecule has 0 spiro atoms. The Labute approximate surface area is 70.6 Å². The highest BCUT2D eigenvalue weighted by molar-refractivity contribution is 5.67. The van der Waals surface area contributed by atoms with Crippen LogP contribution in [0, 0.1) is 11.3 Å². The molecule has 1 N–H and O–H groups in total. The Morgan fingerprint density at radius 2 is 1.92 bits per heavy atom. The third-order valence-electron chi connectivity index (χ3n) is 2.22. The summed E-state index contributed by atoms with van der Waals surface area (Å²) in [4.78, 5) is 10.3. The lowest BCUT2D eigenvalue weighted by molar-refractivity contribution is -0.141. The van der Waals surface area contributed by atoms with E-state index in [1.165, 1.54) is 20.8 Å². The van der Waals surface area contributed by atoms with Crippen LogP contribution in [0.15, 0.2) is 0 Å². The number of halogens is 2. The van der Waals surface area contributed by atoms with E-state index in [2.05, 4.69) is 0 Å². The van der Waals surface area contributed by atoms with Crippen molar-refractivity contribution in [2.24, 2.45) is 11.3 Å². The van der Waals surface area contributed by atoms with Crippen LogP contribution in [-0.4, -0.2) is 17.5 Å². The van der Waals surface area contributed by atoms with Crippen molar-refractivity contribution >= 4 is 5.97 Å². The molecule has 0 aromatic heterocycles. The first-order chi connectivity index (χ1) is 5.27. The molecule has 0 heterocycles. The topological polar surface area (TPSA) is 37.3 Å². The molecule has 12 heavy (non-hydrogen) atoms. The van der Waals surface area contributed by atoms with Crippen LogP contribution in [0.5, 0.6) is 0 Å². The van der Waals surface area contributed by atoms with E-state index in [-0.39, 0.29) is 6.42 Å². The molecule has 0 aromatic carbocycles. The lowest BCUT2D eigenvalue weighted by Gasteiger charge is -2.29. The van der Waals surface area contributed by atoms with Crippen molar-refractivity contribution in [3.8, 4) is 0 Å². The summed E-state index contributed by atoms with van der Waals surface area (Å²) in [5.41, 5.74) is -0.847. The van der Waals surface area contributed by atoms with Crippen molar-refractivity contribution < 1.29 is 18.7 Å². The van der Waals surface area contributed by atoms with Crippen molar-refractivity contribution in [1.82, 2.24) is 0 Å². The summed E-state index contributed by atoms with van der Waals surface area (Å²) < 4.78 is 24.4. The Morgan fingerprint density at radius 1 is 1.50 bits per heavy atom. The Bertz CT molecular complexity index is 166. The van der Waals surface area contributed by atoms with Gasteiger partial charge in [0.25, 0.3) is 0 Å². The fraction of sp³-hybridized carbons (Fsp3) is 0.875. The number of alkyl halides is 2. The lowest BCUT2D eigenvalue weighted by atomic mass is 9.77. The van der Waals surface area contributed by atoms with Gasteiger partial charge in [0.1, 0.15) is 0 Å². The molecule has 0 radical (unpaired) electrons. The molecule has 0 saturated heterocycles. The van der Waals surface area contributed by atoms with Crippen LogP contribution in [0.1, 0.15) is 27.2 Å². The number of aliphatic carboxylic acids is 1. The minimum atomic E-state index is -2.46. The molecule has 0 aliphatic rings. The van der Waals surface area contributed by atoms with Crippen molar-refractivity contribution in [3.63, 3.8) is 0 Å². The molecular weight excluding hydrogens is 166 g/mol. The van der Waals surface area contributed by atoms with E-state index in [0.717, 1.165) is 0 Å². The maximum atomic E-state index is 12.2. The SMILES string of the molecule is CC(C(F)F)C(C)(C)CC(=O)O. The first-order valence-electron chi connectivity index (χ1n) is 3.77. The average molecular weight is 180 g/mol. The van der Waals surface area contributed by atoms with Gasteiger partial charge in [-0.1, -0.05) is 20.8 Å². The highest BCUT2D eigenvalue weighted by Crippen LogP contribution is 2.34. The number of hydrogen-bond acceptors (Lipinski definition) is 1. The second kappa shape index (κ2) is 3.83. The highest BCUT2D eigenvalue weighted by Gasteiger charge is 2.34. The summed E-state index contributed by atoms with van der Waals surface area (Å²) in [7, 11) is 0. The van der Waals surface area contributed by atoms with Gasteiger partial charge in [-0.25, -0.2) is 8.78 Å². The number of carboxylic acid groups (broad SMARTS) is 1. The van der Waals surface area contributed by atoms with E-state index < -0.39 is 23.7 Å². The van der Waals surface area contributed by atoms with Gasteiger partial charge >= 0.3 is 5.97 Å². The quantitative estimate of drug-likeness (QED) is 0.721. The number of hydrogen-bond donors (Lipinski definition) is 1. The normalized spacial score (nSPS) is 14.8. The van der Waals surface area contributed by atoms with Gasteiger partial charge in [-0.05, 0) is 5.41 Å². The number of carbonyl (C=O) groups is 1. The Morgan fingerprint density at radius 3 is 2.17 bits per heavy atom. The summed E-state index contributed by atoms with van der Waals surface area (Å²) in [6, 6.07) is 0. The van der Waals surface area contributed by atoms with Crippen molar-refractivity contribution in [2.45, 2.75) is 33.6 Å². The van der Waals surface area contributed by atoms with Crippen molar-refractivity contribution in [1.29, 1.82) is 0 Å². The van der Waals surface area contributed by atoms with Crippen LogP contribution >= 0.6 is 0 Å². The van der Waals surface area contributed by atoms with E-state index in [1.54, 1.807) is 0 Å². The fourth-order valence-electron chi connectivity index (χ4n) is 0.892. The van der Waals surface area contributed by atoms with Gasteiger partial charge in [0.05, 0.1) is 6.42 Å². The average Bonchev–Trinajstić information content (AvgIpc) is 1.82. The van der Waals surface area contributed by atoms with Crippen LogP contribution in [0.3, 0.4) is 0 Å². The second-order valence-corrected chi connectivity index (χ2v) is 3.68. The second-order valence-electron chi connectivity index (χ2n) is 3.68. The van der Waals surface area contributed by atoms with Gasteiger partial charge < -0.3 is 5.11 Å². The predicted octanol–water partition coefficient (Wildman–Crippen LogP) is 2.39. The summed E-state index contributed by atoms with van der Waals surface area (Å²) in [6.07, 6.45) is -2.68. The number of carboxylic acids is 1. The van der Waals surface area contributed by atoms with Gasteiger partial charge in [-0.3, -0.25) is 4.79 Å². The molecule has 0 aromatic rings. The zero-order valence-corrected chi connectivity index (χ0v) is 7.47. The summed E-state index contributed by atoms with van der Waals surface area (Å²) in [5.74, 6) is -1.93. The standard InChI is InChI=1S/C8H14F2O2/c1-5(7(9)10)8(2,3)4-6(11)12/h5,7H,4H2,1-3H3,(H,11,12). The van der Waals surface area contributed by atoms with Crippen LogP contribution in [0.4, 0.5) is 8.78 Å². The van der Waals surface area contributed by atoms with Gasteiger partial charge in [0.2, 0.25) is 6.43 Å². The smallest absolute Gasteiger partial charge is 0.303 e. The fourth-order valence-corrected chi connectivity index (χ4v) is 0.892. The van der Waals surface area contributed by atoms with Gasteiger partial charge in [0, 0.05) is 5.92 Å². The molecule has 0 amide bonds. The lowest BCUT2D eigenvalue weighted by Crippen LogP contribution is -2.29. The zero-order chi connectivity index (χ0) is 9.94. The molecule has 4 heteroatoms. The highest BCUT2D eigenvalue weighted by atomic mass is 19.3. The van der Waals surface area contributed by atoms with Crippen LogP contribution in [-0.2, 0) is 4.79 Å². The molecule has 0 aliphatic heterocycles. The number of rotatable bonds is 4. The largest absolute Gasteiger partial charge is 0.481 e.